The van der Waals surface area contributed by atoms with E-state index in [0.717, 1.165) is 11.3 Å². The van der Waals surface area contributed by atoms with Crippen molar-refractivity contribution in [3.05, 3.63) is 118 Å². The Bertz CT molecular complexity index is 1430. The molecule has 2 atom stereocenters. The van der Waals surface area contributed by atoms with Gasteiger partial charge in [0.1, 0.15) is 30.5 Å². The molecule has 3 aromatic carbocycles. The standard InChI is InChI=1S/C32H30FNO5/c1-20-29(32(36)39-17-16-38-24-8-4-3-5-9-24)30(25-10-6-7-11-26(25)33)31-27(34-20)18-22(19-28(31)35)21-12-14-23(37-2)15-13-21/h3-15,22,30,34H,16-19H2,1-2H3/t22-,30-/m0/s1. The molecule has 1 heterocycles. The van der Waals surface area contributed by atoms with E-state index in [9.17, 15) is 9.59 Å². The Balaban J connectivity index is 1.41. The SMILES string of the molecule is COc1ccc([C@@H]2CC(=O)C3=C(C2)NC(C)=C(C(=O)OCCOc2ccccc2)[C@@H]3c2ccccc2F)cc1. The smallest absolute Gasteiger partial charge is 0.336 e. The van der Waals surface area contributed by atoms with Gasteiger partial charge in [-0.15, -0.1) is 0 Å². The summed E-state index contributed by atoms with van der Waals surface area (Å²) >= 11 is 0. The van der Waals surface area contributed by atoms with Gasteiger partial charge in [-0.3, -0.25) is 4.79 Å². The van der Waals surface area contributed by atoms with E-state index in [-0.39, 0.29) is 42.5 Å². The van der Waals surface area contributed by atoms with Crippen molar-refractivity contribution in [3.8, 4) is 11.5 Å². The van der Waals surface area contributed by atoms with Gasteiger partial charge in [0.15, 0.2) is 5.78 Å². The number of allylic oxidation sites excluding steroid dienone is 3. The van der Waals surface area contributed by atoms with Gasteiger partial charge in [0.25, 0.3) is 0 Å². The Morgan fingerprint density at radius 3 is 2.36 bits per heavy atom. The van der Waals surface area contributed by atoms with E-state index in [0.29, 0.717) is 29.1 Å². The van der Waals surface area contributed by atoms with Crippen LogP contribution in [0.2, 0.25) is 0 Å². The van der Waals surface area contributed by atoms with Crippen molar-refractivity contribution < 1.29 is 28.2 Å². The molecule has 0 saturated carbocycles. The first kappa shape index (κ1) is 26.2. The number of hydrogen-bond acceptors (Lipinski definition) is 6. The second-order valence-electron chi connectivity index (χ2n) is 9.61. The maximum absolute atomic E-state index is 15.2. The van der Waals surface area contributed by atoms with Crippen molar-refractivity contribution in [2.75, 3.05) is 20.3 Å². The third-order valence-electron chi connectivity index (χ3n) is 7.18. The topological polar surface area (TPSA) is 73.9 Å². The zero-order valence-electron chi connectivity index (χ0n) is 21.9. The van der Waals surface area contributed by atoms with Gasteiger partial charge in [0.05, 0.1) is 18.6 Å². The zero-order valence-corrected chi connectivity index (χ0v) is 21.9. The largest absolute Gasteiger partial charge is 0.497 e. The molecule has 0 aromatic heterocycles. The molecule has 5 rings (SSSR count). The predicted octanol–water partition coefficient (Wildman–Crippen LogP) is 5.82. The highest BCUT2D eigenvalue weighted by molar-refractivity contribution is 6.04. The summed E-state index contributed by atoms with van der Waals surface area (Å²) in [4.78, 5) is 27.1. The second kappa shape index (κ2) is 11.6. The number of para-hydroxylation sites is 1. The van der Waals surface area contributed by atoms with Crippen LogP contribution in [0.4, 0.5) is 4.39 Å². The molecule has 0 bridgehead atoms. The lowest BCUT2D eigenvalue weighted by atomic mass is 9.71. The first-order chi connectivity index (χ1) is 19.0. The minimum Gasteiger partial charge on any atom is -0.497 e. The third-order valence-corrected chi connectivity index (χ3v) is 7.18. The molecule has 0 unspecified atom stereocenters. The summed E-state index contributed by atoms with van der Waals surface area (Å²) in [6.45, 7) is 1.93. The van der Waals surface area contributed by atoms with Crippen LogP contribution in [0.15, 0.2) is 101 Å². The number of halogens is 1. The number of esters is 1. The molecule has 3 aromatic rings. The molecular formula is C32H30FNO5. The molecule has 2 aliphatic rings. The molecule has 0 saturated heterocycles. The van der Waals surface area contributed by atoms with E-state index in [4.69, 9.17) is 14.2 Å². The molecule has 200 valence electrons. The van der Waals surface area contributed by atoms with Gasteiger partial charge in [-0.2, -0.15) is 0 Å². The van der Waals surface area contributed by atoms with Crippen LogP contribution in [-0.4, -0.2) is 32.1 Å². The Morgan fingerprint density at radius 1 is 0.923 bits per heavy atom. The number of carbonyl (C=O) groups excluding carboxylic acids is 2. The molecule has 39 heavy (non-hydrogen) atoms. The number of nitrogens with one attached hydrogen (secondary N) is 1. The lowest BCUT2D eigenvalue weighted by Gasteiger charge is -2.36. The van der Waals surface area contributed by atoms with Crippen molar-refractivity contribution in [1.29, 1.82) is 0 Å². The van der Waals surface area contributed by atoms with Crippen LogP contribution in [0.25, 0.3) is 0 Å². The number of ketones is 1. The summed E-state index contributed by atoms with van der Waals surface area (Å²) in [5.74, 6) is -0.716. The third kappa shape index (κ3) is 5.58. The van der Waals surface area contributed by atoms with E-state index in [1.54, 1.807) is 32.2 Å². The summed E-state index contributed by atoms with van der Waals surface area (Å²) < 4.78 is 31.6. The molecule has 6 nitrogen and oxygen atoms in total. The van der Waals surface area contributed by atoms with E-state index < -0.39 is 17.7 Å². The molecule has 1 aliphatic heterocycles. The number of hydrogen-bond donors (Lipinski definition) is 1. The highest BCUT2D eigenvalue weighted by Gasteiger charge is 2.42. The number of dihydropyridines is 1. The summed E-state index contributed by atoms with van der Waals surface area (Å²) in [6, 6.07) is 23.2. The molecule has 7 heteroatoms. The van der Waals surface area contributed by atoms with E-state index in [1.165, 1.54) is 6.07 Å². The Kier molecular flexibility index (Phi) is 7.77. The van der Waals surface area contributed by atoms with Crippen molar-refractivity contribution in [2.45, 2.75) is 31.6 Å². The van der Waals surface area contributed by atoms with Gasteiger partial charge in [0, 0.05) is 29.0 Å². The minimum absolute atomic E-state index is 0.00783. The van der Waals surface area contributed by atoms with Crippen molar-refractivity contribution >= 4 is 11.8 Å². The lowest BCUT2D eigenvalue weighted by Crippen LogP contribution is -2.36. The van der Waals surface area contributed by atoms with Gasteiger partial charge in [-0.05, 0) is 55.2 Å². The van der Waals surface area contributed by atoms with Crippen LogP contribution in [-0.2, 0) is 14.3 Å². The Hall–Kier alpha value is -4.39. The summed E-state index contributed by atoms with van der Waals surface area (Å²) in [7, 11) is 1.61. The molecule has 1 aliphatic carbocycles. The Labute approximate surface area is 227 Å². The fourth-order valence-electron chi connectivity index (χ4n) is 5.33. The predicted molar refractivity (Wildman–Crippen MR) is 145 cm³/mol. The number of ether oxygens (including phenoxy) is 3. The average Bonchev–Trinajstić information content (AvgIpc) is 2.95. The fourth-order valence-corrected chi connectivity index (χ4v) is 5.33. The first-order valence-electron chi connectivity index (χ1n) is 12.9. The molecular weight excluding hydrogens is 497 g/mol. The quantitative estimate of drug-likeness (QED) is 0.294. The second-order valence-corrected chi connectivity index (χ2v) is 9.61. The molecule has 0 radical (unpaired) electrons. The maximum atomic E-state index is 15.2. The monoisotopic (exact) mass is 527 g/mol. The van der Waals surface area contributed by atoms with Gasteiger partial charge in [-0.25, -0.2) is 9.18 Å². The van der Waals surface area contributed by atoms with Crippen LogP contribution in [0.1, 0.15) is 42.7 Å². The van der Waals surface area contributed by atoms with Gasteiger partial charge < -0.3 is 19.5 Å². The van der Waals surface area contributed by atoms with Crippen molar-refractivity contribution in [3.63, 3.8) is 0 Å². The van der Waals surface area contributed by atoms with Gasteiger partial charge in [0.2, 0.25) is 0 Å². The van der Waals surface area contributed by atoms with Gasteiger partial charge >= 0.3 is 5.97 Å². The van der Waals surface area contributed by atoms with Crippen molar-refractivity contribution in [1.82, 2.24) is 5.32 Å². The molecule has 0 fully saturated rings. The number of carbonyl (C=O) groups is 2. The first-order valence-corrected chi connectivity index (χ1v) is 12.9. The molecule has 1 N–H and O–H groups in total. The average molecular weight is 528 g/mol. The van der Waals surface area contributed by atoms with Crippen molar-refractivity contribution in [2.24, 2.45) is 0 Å². The molecule has 0 spiro atoms. The van der Waals surface area contributed by atoms with Gasteiger partial charge in [-0.1, -0.05) is 48.5 Å². The number of benzene rings is 3. The minimum atomic E-state index is -0.866. The van der Waals surface area contributed by atoms with Crippen LogP contribution in [0, 0.1) is 5.82 Å². The van der Waals surface area contributed by atoms with E-state index in [2.05, 4.69) is 5.32 Å². The van der Waals surface area contributed by atoms with Crippen LogP contribution in [0.3, 0.4) is 0 Å². The summed E-state index contributed by atoms with van der Waals surface area (Å²) in [5, 5.41) is 3.30. The Morgan fingerprint density at radius 2 is 1.64 bits per heavy atom. The highest BCUT2D eigenvalue weighted by Crippen LogP contribution is 2.46. The summed E-state index contributed by atoms with van der Waals surface area (Å²) in [6.07, 6.45) is 0.813. The fraction of sp³-hybridized carbons (Fsp3) is 0.250. The van der Waals surface area contributed by atoms with E-state index >= 15 is 4.39 Å². The summed E-state index contributed by atoms with van der Waals surface area (Å²) in [5.41, 5.74) is 3.19. The number of rotatable bonds is 8. The zero-order chi connectivity index (χ0) is 27.4. The molecule has 0 amide bonds. The normalized spacial score (nSPS) is 18.8. The van der Waals surface area contributed by atoms with Crippen LogP contribution in [0.5, 0.6) is 11.5 Å². The highest BCUT2D eigenvalue weighted by atomic mass is 19.1. The van der Waals surface area contributed by atoms with Crippen LogP contribution < -0.4 is 14.8 Å². The number of methoxy groups -OCH3 is 1. The van der Waals surface area contributed by atoms with E-state index in [1.807, 2.05) is 54.6 Å². The lowest BCUT2D eigenvalue weighted by molar-refractivity contribution is -0.140. The maximum Gasteiger partial charge on any atom is 0.336 e. The van der Waals surface area contributed by atoms with Crippen LogP contribution >= 0.6 is 0 Å². The number of Topliss-reactive ketones (excluding diaryl/α,β-unsaturated/α-hetero) is 1.